The minimum Gasteiger partial charge on any atom is -0.345 e. The van der Waals surface area contributed by atoms with Crippen molar-refractivity contribution >= 4 is 21.7 Å². The Balaban J connectivity index is 2.16. The summed E-state index contributed by atoms with van der Waals surface area (Å²) in [5, 5.41) is 0. The van der Waals surface area contributed by atoms with E-state index in [1.54, 1.807) is 55.4 Å². The minimum atomic E-state index is -3.17. The Morgan fingerprint density at radius 1 is 0.893 bits per heavy atom. The summed E-state index contributed by atoms with van der Waals surface area (Å²) in [6.07, 6.45) is 1.17. The van der Waals surface area contributed by atoms with Crippen LogP contribution >= 0.6 is 0 Å². The molecular weight excluding hydrogens is 376 g/mol. The first kappa shape index (κ1) is 21.6. The number of amides is 2. The lowest BCUT2D eigenvalue weighted by atomic mass is 10.1. The van der Waals surface area contributed by atoms with Crippen LogP contribution in [-0.2, 0) is 22.1 Å². The van der Waals surface area contributed by atoms with Gasteiger partial charge in [0.15, 0.2) is 9.84 Å². The van der Waals surface area contributed by atoms with Gasteiger partial charge in [-0.3, -0.25) is 9.59 Å². The van der Waals surface area contributed by atoms with Gasteiger partial charge in [-0.05, 0) is 42.3 Å². The lowest BCUT2D eigenvalue weighted by molar-refractivity contribution is 0.0751. The molecular formula is C21H26N2O4S. The van der Waals surface area contributed by atoms with Crippen molar-refractivity contribution in [1.82, 2.24) is 9.80 Å². The average Bonchev–Trinajstić information content (AvgIpc) is 2.64. The molecule has 2 aromatic rings. The van der Waals surface area contributed by atoms with Gasteiger partial charge in [0.1, 0.15) is 0 Å². The molecule has 0 heterocycles. The zero-order valence-electron chi connectivity index (χ0n) is 16.7. The zero-order valence-corrected chi connectivity index (χ0v) is 17.5. The molecule has 0 atom stereocenters. The minimum absolute atomic E-state index is 0.0716. The molecule has 0 aliphatic heterocycles. The van der Waals surface area contributed by atoms with Crippen LogP contribution in [0.15, 0.2) is 48.5 Å². The largest absolute Gasteiger partial charge is 0.345 e. The number of carbonyl (C=O) groups is 2. The molecule has 0 aliphatic carbocycles. The standard InChI is InChI=1S/C21H26N2O4S/c1-5-23(14-16-9-11-18(12-10-16)20(24)22(2)3)21(25)19-8-6-7-17(13-19)15-28(4,26)27/h6-13H,5,14-15H2,1-4H3. The molecule has 7 heteroatoms. The molecule has 0 spiro atoms. The molecule has 28 heavy (non-hydrogen) atoms. The number of nitrogens with zero attached hydrogens (tertiary/aromatic N) is 2. The van der Waals surface area contributed by atoms with Crippen LogP contribution in [0.1, 0.15) is 38.8 Å². The van der Waals surface area contributed by atoms with Crippen LogP contribution in [0.2, 0.25) is 0 Å². The summed E-state index contributed by atoms with van der Waals surface area (Å²) in [5.74, 6) is -0.328. The number of sulfone groups is 1. The average molecular weight is 403 g/mol. The number of benzene rings is 2. The highest BCUT2D eigenvalue weighted by Gasteiger charge is 2.16. The van der Waals surface area contributed by atoms with Gasteiger partial charge in [0.25, 0.3) is 11.8 Å². The van der Waals surface area contributed by atoms with E-state index in [-0.39, 0.29) is 17.6 Å². The molecule has 0 bridgehead atoms. The molecule has 0 aromatic heterocycles. The molecule has 0 radical (unpaired) electrons. The molecule has 0 saturated carbocycles. The Hall–Kier alpha value is -2.67. The van der Waals surface area contributed by atoms with Crippen LogP contribution in [-0.4, -0.2) is 56.9 Å². The van der Waals surface area contributed by atoms with Gasteiger partial charge in [0, 0.05) is 44.6 Å². The summed E-state index contributed by atoms with van der Waals surface area (Å²) >= 11 is 0. The van der Waals surface area contributed by atoms with E-state index in [0.717, 1.165) is 5.56 Å². The number of hydrogen-bond acceptors (Lipinski definition) is 4. The topological polar surface area (TPSA) is 74.8 Å². The number of hydrogen-bond donors (Lipinski definition) is 0. The summed E-state index contributed by atoms with van der Waals surface area (Å²) in [5.41, 5.74) is 2.56. The van der Waals surface area contributed by atoms with Crippen molar-refractivity contribution in [1.29, 1.82) is 0 Å². The van der Waals surface area contributed by atoms with Crippen molar-refractivity contribution in [3.63, 3.8) is 0 Å². The molecule has 6 nitrogen and oxygen atoms in total. The molecule has 0 unspecified atom stereocenters. The zero-order chi connectivity index (χ0) is 20.9. The lowest BCUT2D eigenvalue weighted by Crippen LogP contribution is -2.30. The van der Waals surface area contributed by atoms with Gasteiger partial charge in [-0.25, -0.2) is 8.42 Å². The van der Waals surface area contributed by atoms with Crippen LogP contribution in [0.5, 0.6) is 0 Å². The van der Waals surface area contributed by atoms with Gasteiger partial charge in [0.05, 0.1) is 5.75 Å². The van der Waals surface area contributed by atoms with Gasteiger partial charge in [0.2, 0.25) is 0 Å². The van der Waals surface area contributed by atoms with E-state index in [2.05, 4.69) is 0 Å². The first-order chi connectivity index (χ1) is 13.1. The third-order valence-corrected chi connectivity index (χ3v) is 5.11. The Kier molecular flexibility index (Phi) is 6.96. The van der Waals surface area contributed by atoms with Gasteiger partial charge in [-0.1, -0.05) is 24.3 Å². The Morgan fingerprint density at radius 3 is 2.07 bits per heavy atom. The van der Waals surface area contributed by atoms with E-state index in [9.17, 15) is 18.0 Å². The Labute approximate surface area is 166 Å². The molecule has 0 saturated heterocycles. The fraction of sp³-hybridized carbons (Fsp3) is 0.333. The Morgan fingerprint density at radius 2 is 1.54 bits per heavy atom. The second kappa shape index (κ2) is 9.01. The number of rotatable bonds is 7. The first-order valence-electron chi connectivity index (χ1n) is 8.97. The molecule has 150 valence electrons. The van der Waals surface area contributed by atoms with Gasteiger partial charge in [-0.2, -0.15) is 0 Å². The quantitative estimate of drug-likeness (QED) is 0.713. The highest BCUT2D eigenvalue weighted by atomic mass is 32.2. The molecule has 2 aromatic carbocycles. The third kappa shape index (κ3) is 5.92. The smallest absolute Gasteiger partial charge is 0.254 e. The maximum Gasteiger partial charge on any atom is 0.254 e. The summed E-state index contributed by atoms with van der Waals surface area (Å²) in [4.78, 5) is 28.1. The molecule has 0 N–H and O–H groups in total. The first-order valence-corrected chi connectivity index (χ1v) is 11.0. The highest BCUT2D eigenvalue weighted by molar-refractivity contribution is 7.89. The van der Waals surface area contributed by atoms with Crippen LogP contribution < -0.4 is 0 Å². The monoisotopic (exact) mass is 402 g/mol. The van der Waals surface area contributed by atoms with Crippen molar-refractivity contribution < 1.29 is 18.0 Å². The molecule has 0 aliphatic rings. The lowest BCUT2D eigenvalue weighted by Gasteiger charge is -2.21. The van der Waals surface area contributed by atoms with Gasteiger partial charge < -0.3 is 9.80 Å². The summed E-state index contributed by atoms with van der Waals surface area (Å²) in [7, 11) is 0.233. The highest BCUT2D eigenvalue weighted by Crippen LogP contribution is 2.14. The van der Waals surface area contributed by atoms with Crippen LogP contribution in [0, 0.1) is 0 Å². The fourth-order valence-electron chi connectivity index (χ4n) is 2.84. The molecule has 0 fully saturated rings. The summed E-state index contributed by atoms with van der Waals surface area (Å²) < 4.78 is 23.0. The van der Waals surface area contributed by atoms with E-state index < -0.39 is 9.84 Å². The molecule has 2 rings (SSSR count). The predicted octanol–water partition coefficient (Wildman–Crippen LogP) is 2.60. The summed E-state index contributed by atoms with van der Waals surface area (Å²) in [6.45, 7) is 2.80. The summed E-state index contributed by atoms with van der Waals surface area (Å²) in [6, 6.07) is 13.9. The van der Waals surface area contributed by atoms with E-state index in [4.69, 9.17) is 0 Å². The van der Waals surface area contributed by atoms with E-state index in [1.165, 1.54) is 11.2 Å². The van der Waals surface area contributed by atoms with Crippen molar-refractivity contribution in [2.75, 3.05) is 26.9 Å². The maximum atomic E-state index is 12.9. The van der Waals surface area contributed by atoms with Gasteiger partial charge >= 0.3 is 0 Å². The SMILES string of the molecule is CCN(Cc1ccc(C(=O)N(C)C)cc1)C(=O)c1cccc(CS(C)(=O)=O)c1. The second-order valence-electron chi connectivity index (χ2n) is 6.99. The van der Waals surface area contributed by atoms with Crippen molar-refractivity contribution in [3.05, 3.63) is 70.8 Å². The van der Waals surface area contributed by atoms with Crippen molar-refractivity contribution in [2.24, 2.45) is 0 Å². The van der Waals surface area contributed by atoms with E-state index >= 15 is 0 Å². The maximum absolute atomic E-state index is 12.9. The van der Waals surface area contributed by atoms with E-state index in [0.29, 0.717) is 29.8 Å². The van der Waals surface area contributed by atoms with Crippen LogP contribution in [0.4, 0.5) is 0 Å². The third-order valence-electron chi connectivity index (χ3n) is 4.25. The fourth-order valence-corrected chi connectivity index (χ4v) is 3.62. The normalized spacial score (nSPS) is 11.1. The van der Waals surface area contributed by atoms with Crippen LogP contribution in [0.25, 0.3) is 0 Å². The van der Waals surface area contributed by atoms with E-state index in [1.807, 2.05) is 19.1 Å². The van der Waals surface area contributed by atoms with Crippen molar-refractivity contribution in [2.45, 2.75) is 19.2 Å². The number of carbonyl (C=O) groups excluding carboxylic acids is 2. The second-order valence-corrected chi connectivity index (χ2v) is 9.13. The Bertz CT molecular complexity index is 951. The van der Waals surface area contributed by atoms with Crippen molar-refractivity contribution in [3.8, 4) is 0 Å². The van der Waals surface area contributed by atoms with Crippen LogP contribution in [0.3, 0.4) is 0 Å². The molecule has 2 amide bonds. The predicted molar refractivity (Wildman–Crippen MR) is 110 cm³/mol. The van der Waals surface area contributed by atoms with Gasteiger partial charge in [-0.15, -0.1) is 0 Å².